The van der Waals surface area contributed by atoms with E-state index in [2.05, 4.69) is 4.74 Å². The largest absolute Gasteiger partial charge is 1.00 e. The normalized spacial score (nSPS) is 11.0. The molecule has 0 spiro atoms. The van der Waals surface area contributed by atoms with E-state index in [0.717, 1.165) is 0 Å². The van der Waals surface area contributed by atoms with Gasteiger partial charge in [-0.1, -0.05) is 18.5 Å². The fourth-order valence-electron chi connectivity index (χ4n) is 0.248. The number of allylic oxidation sites excluding steroid dienone is 1. The minimum absolute atomic E-state index is 0. The van der Waals surface area contributed by atoms with Crippen molar-refractivity contribution in [2.24, 2.45) is 0 Å². The van der Waals surface area contributed by atoms with Crippen LogP contribution in [-0.2, 0) is 9.53 Å². The Morgan fingerprint density at radius 2 is 2.30 bits per heavy atom. The molecule has 0 aliphatic heterocycles. The van der Waals surface area contributed by atoms with E-state index < -0.39 is 11.0 Å². The fraction of sp³-hybridized carbons (Fsp3) is 0.400. The Labute approximate surface area is 107 Å². The Balaban J connectivity index is 0. The summed E-state index contributed by atoms with van der Waals surface area (Å²) in [5, 5.41) is 9.93. The van der Waals surface area contributed by atoms with Crippen LogP contribution in [0.25, 0.3) is 0 Å². The Hall–Kier alpha value is 0.936. The van der Waals surface area contributed by atoms with Gasteiger partial charge in [-0.3, -0.25) is 4.79 Å². The van der Waals surface area contributed by atoms with E-state index in [1.54, 1.807) is 6.92 Å². The third-order valence-corrected chi connectivity index (χ3v) is 0.817. The molecule has 52 valence electrons. The molecular formula is C5H6ClKO3. The minimum atomic E-state index is -0.769. The van der Waals surface area contributed by atoms with E-state index >= 15 is 0 Å². The molecule has 10 heavy (non-hydrogen) atoms. The Morgan fingerprint density at radius 3 is 2.60 bits per heavy atom. The van der Waals surface area contributed by atoms with Gasteiger partial charge in [-0.25, -0.2) is 0 Å². The van der Waals surface area contributed by atoms with E-state index in [1.807, 2.05) is 0 Å². The summed E-state index contributed by atoms with van der Waals surface area (Å²) in [7, 11) is 0. The molecule has 0 aliphatic carbocycles. The second kappa shape index (κ2) is 8.04. The summed E-state index contributed by atoms with van der Waals surface area (Å²) in [6.07, 6.45) is 0.250. The number of rotatable bonds is 3. The maximum Gasteiger partial charge on any atom is 1.00 e. The number of carbonyl (C=O) groups is 1. The molecule has 0 aliphatic rings. The van der Waals surface area contributed by atoms with E-state index in [-0.39, 0.29) is 64.3 Å². The molecule has 0 fully saturated rings. The molecule has 0 saturated heterocycles. The van der Waals surface area contributed by atoms with Crippen molar-refractivity contribution in [3.8, 4) is 0 Å². The van der Waals surface area contributed by atoms with Crippen molar-refractivity contribution in [2.75, 3.05) is 6.61 Å². The van der Waals surface area contributed by atoms with Crippen LogP contribution in [0.1, 0.15) is 6.92 Å². The summed E-state index contributed by atoms with van der Waals surface area (Å²) in [4.78, 5) is 9.75. The van der Waals surface area contributed by atoms with Gasteiger partial charge in [-0.2, -0.15) is 0 Å². The zero-order valence-corrected chi connectivity index (χ0v) is 9.77. The molecular weight excluding hydrogens is 183 g/mol. The van der Waals surface area contributed by atoms with Crippen molar-refractivity contribution in [2.45, 2.75) is 6.92 Å². The molecule has 0 atom stereocenters. The van der Waals surface area contributed by atoms with E-state index in [9.17, 15) is 9.90 Å². The topological polar surface area (TPSA) is 49.4 Å². The molecule has 0 saturated carbocycles. The number of hydrogen-bond acceptors (Lipinski definition) is 3. The Kier molecular flexibility index (Phi) is 10.9. The molecule has 0 radical (unpaired) electrons. The fourth-order valence-corrected chi connectivity index (χ4v) is 0.303. The molecule has 0 amide bonds. The van der Waals surface area contributed by atoms with Crippen LogP contribution < -0.4 is 56.5 Å². The standard InChI is InChI=1S/C5H7ClO3.K/c1-2-9-5(8)4(6)3-7;/h3,8H,2H2,1H3;/q;+1/p-1/b5-4-;. The zero-order chi connectivity index (χ0) is 7.28. The van der Waals surface area contributed by atoms with Crippen LogP contribution in [0, 0.1) is 0 Å². The van der Waals surface area contributed by atoms with Gasteiger partial charge in [0.25, 0.3) is 0 Å². The van der Waals surface area contributed by atoms with E-state index in [4.69, 9.17) is 11.6 Å². The number of aldehydes is 1. The first-order valence-corrected chi connectivity index (χ1v) is 2.75. The molecule has 3 nitrogen and oxygen atoms in total. The molecule has 0 bridgehead atoms. The predicted octanol–water partition coefficient (Wildman–Crippen LogP) is -3.01. The second-order valence-electron chi connectivity index (χ2n) is 1.19. The van der Waals surface area contributed by atoms with Gasteiger partial charge in [0.1, 0.15) is 5.03 Å². The zero-order valence-electron chi connectivity index (χ0n) is 5.89. The van der Waals surface area contributed by atoms with Crippen LogP contribution >= 0.6 is 11.6 Å². The van der Waals surface area contributed by atoms with Crippen LogP contribution in [0.4, 0.5) is 0 Å². The van der Waals surface area contributed by atoms with Gasteiger partial charge in [0.05, 0.1) is 5.95 Å². The van der Waals surface area contributed by atoms with Crippen molar-refractivity contribution < 1.29 is 66.0 Å². The summed E-state index contributed by atoms with van der Waals surface area (Å²) >= 11 is 5.07. The summed E-state index contributed by atoms with van der Waals surface area (Å²) in [6.45, 7) is 1.86. The number of halogens is 1. The third-order valence-electron chi connectivity index (χ3n) is 0.574. The van der Waals surface area contributed by atoms with Gasteiger partial charge < -0.3 is 9.84 Å². The molecule has 0 rings (SSSR count). The third kappa shape index (κ3) is 5.70. The SMILES string of the molecule is CCO/C([O-])=C(\Cl)C=O.[K+]. The number of hydrogen-bond donors (Lipinski definition) is 0. The van der Waals surface area contributed by atoms with Crippen LogP contribution in [0.2, 0.25) is 0 Å². The average Bonchev–Trinajstić information content (AvgIpc) is 1.87. The van der Waals surface area contributed by atoms with Crippen molar-refractivity contribution in [3.05, 3.63) is 11.0 Å². The first-order valence-electron chi connectivity index (χ1n) is 2.37. The quantitative estimate of drug-likeness (QED) is 0.205. The van der Waals surface area contributed by atoms with Gasteiger partial charge in [0.15, 0.2) is 6.29 Å². The number of carbonyl (C=O) groups excluding carboxylic acids is 1. The molecule has 0 aromatic carbocycles. The van der Waals surface area contributed by atoms with Crippen LogP contribution in [-0.4, -0.2) is 12.9 Å². The second-order valence-corrected chi connectivity index (χ2v) is 1.59. The van der Waals surface area contributed by atoms with Crippen molar-refractivity contribution >= 4 is 17.9 Å². The smallest absolute Gasteiger partial charge is 0.612 e. The summed E-state index contributed by atoms with van der Waals surface area (Å²) in [5.74, 6) is -0.769. The first-order chi connectivity index (χ1) is 4.22. The minimum Gasteiger partial charge on any atom is -0.612 e. The summed E-state index contributed by atoms with van der Waals surface area (Å²) in [6, 6.07) is 0. The van der Waals surface area contributed by atoms with Crippen molar-refractivity contribution in [3.63, 3.8) is 0 Å². The van der Waals surface area contributed by atoms with Gasteiger partial charge in [-0.15, -0.1) is 0 Å². The monoisotopic (exact) mass is 188 g/mol. The van der Waals surface area contributed by atoms with Crippen molar-refractivity contribution in [1.82, 2.24) is 0 Å². The Bertz CT molecular complexity index is 135. The van der Waals surface area contributed by atoms with Crippen LogP contribution in [0.15, 0.2) is 11.0 Å². The van der Waals surface area contributed by atoms with E-state index in [1.165, 1.54) is 0 Å². The van der Waals surface area contributed by atoms with Gasteiger partial charge in [0.2, 0.25) is 0 Å². The van der Waals surface area contributed by atoms with Gasteiger partial charge >= 0.3 is 51.4 Å². The summed E-state index contributed by atoms with van der Waals surface area (Å²) < 4.78 is 4.36. The van der Waals surface area contributed by atoms with E-state index in [0.29, 0.717) is 0 Å². The molecule has 0 aromatic heterocycles. The average molecular weight is 189 g/mol. The molecule has 0 unspecified atom stereocenters. The Morgan fingerprint density at radius 1 is 1.80 bits per heavy atom. The van der Waals surface area contributed by atoms with Gasteiger partial charge in [-0.05, 0) is 6.61 Å². The molecule has 5 heteroatoms. The summed E-state index contributed by atoms with van der Waals surface area (Å²) in [5.41, 5.74) is 0. The predicted molar refractivity (Wildman–Crippen MR) is 30.6 cm³/mol. The van der Waals surface area contributed by atoms with Crippen LogP contribution in [0.3, 0.4) is 0 Å². The maximum atomic E-state index is 10.4. The van der Waals surface area contributed by atoms with Gasteiger partial charge in [0, 0.05) is 0 Å². The van der Waals surface area contributed by atoms with Crippen molar-refractivity contribution in [1.29, 1.82) is 0 Å². The molecule has 0 aromatic rings. The molecule has 0 heterocycles. The maximum absolute atomic E-state index is 10.4. The molecule has 0 N–H and O–H groups in total. The number of ether oxygens (including phenoxy) is 1. The van der Waals surface area contributed by atoms with Crippen LogP contribution in [0.5, 0.6) is 0 Å². The first kappa shape index (κ1) is 13.5.